The van der Waals surface area contributed by atoms with Gasteiger partial charge >= 0.3 is 6.18 Å². The molecule has 0 spiro atoms. The van der Waals surface area contributed by atoms with Gasteiger partial charge < -0.3 is 15.5 Å². The molecule has 1 aliphatic rings. The lowest BCUT2D eigenvalue weighted by atomic mass is 10.2. The third-order valence-corrected chi connectivity index (χ3v) is 3.21. The van der Waals surface area contributed by atoms with Gasteiger partial charge in [-0.3, -0.25) is 4.79 Å². The number of hydrogen-bond acceptors (Lipinski definition) is 4. The van der Waals surface area contributed by atoms with Crippen LogP contribution in [0.2, 0.25) is 0 Å². The summed E-state index contributed by atoms with van der Waals surface area (Å²) in [6.45, 7) is 3.27. The van der Waals surface area contributed by atoms with Gasteiger partial charge in [-0.05, 0) is 12.1 Å². The van der Waals surface area contributed by atoms with Gasteiger partial charge in [0.25, 0.3) is 0 Å². The van der Waals surface area contributed by atoms with E-state index in [-0.39, 0.29) is 17.5 Å². The van der Waals surface area contributed by atoms with Crippen LogP contribution < -0.4 is 10.6 Å². The van der Waals surface area contributed by atoms with Crippen molar-refractivity contribution in [2.75, 3.05) is 36.8 Å². The second kappa shape index (κ2) is 5.18. The third kappa shape index (κ3) is 3.12. The lowest BCUT2D eigenvalue weighted by Gasteiger charge is -2.35. The van der Waals surface area contributed by atoms with Crippen molar-refractivity contribution in [1.82, 2.24) is 9.88 Å². The standard InChI is InChI=1S/C12H15F3N4O/c1-8(20)18-2-4-19(5-3-18)11-7-9(12(13,14)15)6-10(16)17-11/h6-7H,2-5H2,1H3,(H2,16,17). The maximum atomic E-state index is 12.7. The predicted octanol–water partition coefficient (Wildman–Crippen LogP) is 1.35. The molecule has 1 aromatic heterocycles. The topological polar surface area (TPSA) is 62.5 Å². The van der Waals surface area contributed by atoms with Gasteiger partial charge in [0.05, 0.1) is 5.56 Å². The van der Waals surface area contributed by atoms with Crippen molar-refractivity contribution in [3.05, 3.63) is 17.7 Å². The smallest absolute Gasteiger partial charge is 0.384 e. The maximum absolute atomic E-state index is 12.7. The zero-order valence-corrected chi connectivity index (χ0v) is 10.9. The Morgan fingerprint density at radius 1 is 1.25 bits per heavy atom. The first kappa shape index (κ1) is 14.4. The van der Waals surface area contributed by atoms with E-state index in [4.69, 9.17) is 5.73 Å². The molecule has 2 rings (SSSR count). The molecule has 8 heteroatoms. The molecule has 0 aromatic carbocycles. The number of hydrogen-bond donors (Lipinski definition) is 1. The number of amides is 1. The predicted molar refractivity (Wildman–Crippen MR) is 68.1 cm³/mol. The molecule has 20 heavy (non-hydrogen) atoms. The molecule has 110 valence electrons. The molecule has 1 saturated heterocycles. The third-order valence-electron chi connectivity index (χ3n) is 3.21. The van der Waals surface area contributed by atoms with Crippen LogP contribution >= 0.6 is 0 Å². The van der Waals surface area contributed by atoms with Crippen LogP contribution in [0.4, 0.5) is 24.8 Å². The van der Waals surface area contributed by atoms with Crippen LogP contribution in [0.25, 0.3) is 0 Å². The molecule has 1 fully saturated rings. The fourth-order valence-electron chi connectivity index (χ4n) is 2.11. The molecule has 1 amide bonds. The molecule has 1 aromatic rings. The fourth-order valence-corrected chi connectivity index (χ4v) is 2.11. The molecule has 2 heterocycles. The van der Waals surface area contributed by atoms with E-state index in [1.54, 1.807) is 9.80 Å². The van der Waals surface area contributed by atoms with Crippen LogP contribution in [-0.2, 0) is 11.0 Å². The zero-order chi connectivity index (χ0) is 14.9. The number of anilines is 2. The van der Waals surface area contributed by atoms with Crippen molar-refractivity contribution in [3.63, 3.8) is 0 Å². The minimum Gasteiger partial charge on any atom is -0.384 e. The highest BCUT2D eigenvalue weighted by Crippen LogP contribution is 2.32. The molecule has 0 atom stereocenters. The Balaban J connectivity index is 2.18. The zero-order valence-electron chi connectivity index (χ0n) is 10.9. The number of rotatable bonds is 1. The summed E-state index contributed by atoms with van der Waals surface area (Å²) in [4.78, 5) is 18.5. The highest BCUT2D eigenvalue weighted by molar-refractivity contribution is 5.73. The number of carbonyl (C=O) groups is 1. The van der Waals surface area contributed by atoms with E-state index >= 15 is 0 Å². The van der Waals surface area contributed by atoms with Crippen molar-refractivity contribution in [3.8, 4) is 0 Å². The minimum atomic E-state index is -4.45. The molecule has 0 radical (unpaired) electrons. The molecule has 0 aliphatic carbocycles. The van der Waals surface area contributed by atoms with E-state index in [2.05, 4.69) is 4.98 Å². The second-order valence-electron chi connectivity index (χ2n) is 4.63. The Bertz CT molecular complexity index is 510. The van der Waals surface area contributed by atoms with E-state index in [0.29, 0.717) is 26.2 Å². The Morgan fingerprint density at radius 3 is 2.35 bits per heavy atom. The average molecular weight is 288 g/mol. The van der Waals surface area contributed by atoms with Crippen LogP contribution in [0.1, 0.15) is 12.5 Å². The molecular formula is C12H15F3N4O. The molecule has 1 aliphatic heterocycles. The summed E-state index contributed by atoms with van der Waals surface area (Å²) >= 11 is 0. The van der Waals surface area contributed by atoms with Crippen LogP contribution in [0.3, 0.4) is 0 Å². The quantitative estimate of drug-likeness (QED) is 0.847. The van der Waals surface area contributed by atoms with Crippen molar-refractivity contribution in [1.29, 1.82) is 0 Å². The van der Waals surface area contributed by atoms with Crippen LogP contribution in [-0.4, -0.2) is 42.0 Å². The number of nitrogen functional groups attached to an aromatic ring is 1. The summed E-state index contributed by atoms with van der Waals surface area (Å²) in [6, 6.07) is 1.80. The van der Waals surface area contributed by atoms with Gasteiger partial charge in [0.1, 0.15) is 11.6 Å². The second-order valence-corrected chi connectivity index (χ2v) is 4.63. The van der Waals surface area contributed by atoms with Crippen molar-refractivity contribution in [2.24, 2.45) is 0 Å². The number of carbonyl (C=O) groups excluding carboxylic acids is 1. The summed E-state index contributed by atoms with van der Waals surface area (Å²) in [7, 11) is 0. The first-order valence-electron chi connectivity index (χ1n) is 6.12. The van der Waals surface area contributed by atoms with Gasteiger partial charge in [0.2, 0.25) is 5.91 Å². The van der Waals surface area contributed by atoms with Crippen LogP contribution in [0.5, 0.6) is 0 Å². The van der Waals surface area contributed by atoms with Gasteiger partial charge in [-0.15, -0.1) is 0 Å². The first-order chi connectivity index (χ1) is 9.27. The molecule has 0 bridgehead atoms. The number of nitrogens with zero attached hydrogens (tertiary/aromatic N) is 3. The minimum absolute atomic E-state index is 0.0406. The summed E-state index contributed by atoms with van der Waals surface area (Å²) < 4.78 is 38.2. The van der Waals surface area contributed by atoms with E-state index in [9.17, 15) is 18.0 Å². The fraction of sp³-hybridized carbons (Fsp3) is 0.500. The van der Waals surface area contributed by atoms with Gasteiger partial charge in [-0.25, -0.2) is 4.98 Å². The van der Waals surface area contributed by atoms with Gasteiger partial charge in [0, 0.05) is 33.1 Å². The number of alkyl halides is 3. The Morgan fingerprint density at radius 2 is 1.85 bits per heavy atom. The molecule has 5 nitrogen and oxygen atoms in total. The van der Waals surface area contributed by atoms with Gasteiger partial charge in [-0.2, -0.15) is 13.2 Å². The number of halogens is 3. The monoisotopic (exact) mass is 288 g/mol. The number of pyridine rings is 1. The van der Waals surface area contributed by atoms with E-state index in [1.807, 2.05) is 0 Å². The van der Waals surface area contributed by atoms with Crippen LogP contribution in [0.15, 0.2) is 12.1 Å². The lowest BCUT2D eigenvalue weighted by molar-refractivity contribution is -0.137. The van der Waals surface area contributed by atoms with E-state index < -0.39 is 11.7 Å². The number of nitrogens with two attached hydrogens (primary N) is 1. The molecule has 0 unspecified atom stereocenters. The normalized spacial score (nSPS) is 16.4. The Kier molecular flexibility index (Phi) is 3.74. The summed E-state index contributed by atoms with van der Waals surface area (Å²) in [5, 5.41) is 0. The number of aromatic nitrogens is 1. The average Bonchev–Trinajstić information content (AvgIpc) is 2.37. The highest BCUT2D eigenvalue weighted by atomic mass is 19.4. The summed E-state index contributed by atoms with van der Waals surface area (Å²) in [6.07, 6.45) is -4.45. The van der Waals surface area contributed by atoms with E-state index in [1.165, 1.54) is 6.92 Å². The Labute approximate surface area is 114 Å². The largest absolute Gasteiger partial charge is 0.416 e. The molecular weight excluding hydrogens is 273 g/mol. The van der Waals surface area contributed by atoms with Gasteiger partial charge in [-0.1, -0.05) is 0 Å². The van der Waals surface area contributed by atoms with Gasteiger partial charge in [0.15, 0.2) is 0 Å². The number of piperazine rings is 1. The van der Waals surface area contributed by atoms with Crippen molar-refractivity contribution >= 4 is 17.5 Å². The highest BCUT2D eigenvalue weighted by Gasteiger charge is 2.32. The van der Waals surface area contributed by atoms with Crippen molar-refractivity contribution in [2.45, 2.75) is 13.1 Å². The van der Waals surface area contributed by atoms with E-state index in [0.717, 1.165) is 12.1 Å². The maximum Gasteiger partial charge on any atom is 0.416 e. The molecule has 0 saturated carbocycles. The summed E-state index contributed by atoms with van der Waals surface area (Å²) in [5.41, 5.74) is 4.62. The summed E-state index contributed by atoms with van der Waals surface area (Å²) in [5.74, 6) is -0.00878. The Hall–Kier alpha value is -1.99. The SMILES string of the molecule is CC(=O)N1CCN(c2cc(C(F)(F)F)cc(N)n2)CC1. The van der Waals surface area contributed by atoms with Crippen molar-refractivity contribution < 1.29 is 18.0 Å². The first-order valence-corrected chi connectivity index (χ1v) is 6.12. The lowest BCUT2D eigenvalue weighted by Crippen LogP contribution is -2.48. The molecule has 2 N–H and O–H groups in total. The van der Waals surface area contributed by atoms with Crippen LogP contribution in [0, 0.1) is 0 Å².